The zero-order valence-electron chi connectivity index (χ0n) is 17.9. The SMILES string of the molecule is COc1ccc(-n2nc3ccc(NCc4c(OC)cc(OC)cc4OC)cc3n2)cc1. The van der Waals surface area contributed by atoms with Gasteiger partial charge in [0.2, 0.25) is 0 Å². The quantitative estimate of drug-likeness (QED) is 0.460. The number of ether oxygens (including phenoxy) is 4. The van der Waals surface area contributed by atoms with Crippen molar-refractivity contribution in [3.63, 3.8) is 0 Å². The van der Waals surface area contributed by atoms with Crippen molar-refractivity contribution < 1.29 is 18.9 Å². The Labute approximate surface area is 180 Å². The normalized spacial score (nSPS) is 10.7. The van der Waals surface area contributed by atoms with Crippen LogP contribution in [0.2, 0.25) is 0 Å². The molecule has 8 nitrogen and oxygen atoms in total. The molecule has 1 N–H and O–H groups in total. The van der Waals surface area contributed by atoms with E-state index in [1.54, 1.807) is 33.2 Å². The van der Waals surface area contributed by atoms with Gasteiger partial charge in [-0.05, 0) is 42.5 Å². The Hall–Kier alpha value is -3.94. The second-order valence-corrected chi connectivity index (χ2v) is 6.75. The Morgan fingerprint density at radius 3 is 1.97 bits per heavy atom. The van der Waals surface area contributed by atoms with E-state index in [1.165, 1.54) is 0 Å². The molecule has 31 heavy (non-hydrogen) atoms. The Morgan fingerprint density at radius 2 is 1.35 bits per heavy atom. The molecular formula is C23H24N4O4. The summed E-state index contributed by atoms with van der Waals surface area (Å²) in [7, 11) is 6.50. The van der Waals surface area contributed by atoms with Crippen LogP contribution in [0.5, 0.6) is 23.0 Å². The lowest BCUT2D eigenvalue weighted by Gasteiger charge is -2.16. The fourth-order valence-corrected chi connectivity index (χ4v) is 3.30. The number of benzene rings is 3. The lowest BCUT2D eigenvalue weighted by molar-refractivity contribution is 0.369. The molecule has 3 aromatic carbocycles. The van der Waals surface area contributed by atoms with E-state index in [0.717, 1.165) is 33.7 Å². The third-order valence-electron chi connectivity index (χ3n) is 4.97. The first kappa shape index (κ1) is 20.3. The number of hydrogen-bond donors (Lipinski definition) is 1. The molecule has 4 aromatic rings. The summed E-state index contributed by atoms with van der Waals surface area (Å²) in [6, 6.07) is 17.1. The highest BCUT2D eigenvalue weighted by Gasteiger charge is 2.13. The van der Waals surface area contributed by atoms with Crippen molar-refractivity contribution in [1.82, 2.24) is 15.0 Å². The predicted octanol–water partition coefficient (Wildman–Crippen LogP) is 4.07. The highest BCUT2D eigenvalue weighted by atomic mass is 16.5. The van der Waals surface area contributed by atoms with Crippen molar-refractivity contribution in [2.45, 2.75) is 6.54 Å². The van der Waals surface area contributed by atoms with Crippen LogP contribution in [0.1, 0.15) is 5.56 Å². The van der Waals surface area contributed by atoms with Gasteiger partial charge in [0.1, 0.15) is 34.0 Å². The molecule has 1 aromatic heterocycles. The highest BCUT2D eigenvalue weighted by molar-refractivity contribution is 5.78. The number of aromatic nitrogens is 3. The fraction of sp³-hybridized carbons (Fsp3) is 0.217. The van der Waals surface area contributed by atoms with Crippen LogP contribution in [0.3, 0.4) is 0 Å². The topological polar surface area (TPSA) is 79.7 Å². The average molecular weight is 420 g/mol. The Bertz CT molecular complexity index is 1160. The number of fused-ring (bicyclic) bond motifs is 1. The van der Waals surface area contributed by atoms with E-state index in [2.05, 4.69) is 15.5 Å². The second kappa shape index (κ2) is 8.83. The molecule has 0 bridgehead atoms. The molecule has 0 unspecified atom stereocenters. The van der Waals surface area contributed by atoms with Crippen molar-refractivity contribution in [2.24, 2.45) is 0 Å². The van der Waals surface area contributed by atoms with Crippen molar-refractivity contribution >= 4 is 16.7 Å². The van der Waals surface area contributed by atoms with Crippen molar-refractivity contribution in [3.05, 3.63) is 60.2 Å². The Kier molecular flexibility index (Phi) is 5.79. The summed E-state index contributed by atoms with van der Waals surface area (Å²) >= 11 is 0. The van der Waals surface area contributed by atoms with Gasteiger partial charge in [-0.3, -0.25) is 0 Å². The van der Waals surface area contributed by atoms with Crippen LogP contribution in [-0.2, 0) is 6.54 Å². The smallest absolute Gasteiger partial charge is 0.131 e. The standard InChI is InChI=1S/C23H24N4O4/c1-28-17-8-6-16(7-9-17)27-25-20-10-5-15(11-21(20)26-27)24-14-19-22(30-3)12-18(29-2)13-23(19)31-4/h5-13,24H,14H2,1-4H3. The van der Waals surface area contributed by atoms with Crippen LogP contribution >= 0.6 is 0 Å². The van der Waals surface area contributed by atoms with Crippen molar-refractivity contribution in [2.75, 3.05) is 33.8 Å². The number of anilines is 1. The first-order chi connectivity index (χ1) is 15.1. The van der Waals surface area contributed by atoms with E-state index >= 15 is 0 Å². The zero-order chi connectivity index (χ0) is 21.8. The first-order valence-electron chi connectivity index (χ1n) is 9.69. The van der Waals surface area contributed by atoms with Gasteiger partial charge in [0.15, 0.2) is 0 Å². The van der Waals surface area contributed by atoms with E-state index in [9.17, 15) is 0 Å². The highest BCUT2D eigenvalue weighted by Crippen LogP contribution is 2.34. The Balaban J connectivity index is 1.57. The number of rotatable bonds is 8. The minimum absolute atomic E-state index is 0.508. The zero-order valence-corrected chi connectivity index (χ0v) is 17.9. The van der Waals surface area contributed by atoms with Crippen LogP contribution in [0.15, 0.2) is 54.6 Å². The van der Waals surface area contributed by atoms with Gasteiger partial charge in [-0.2, -0.15) is 4.80 Å². The summed E-state index contributed by atoms with van der Waals surface area (Å²) in [5.41, 5.74) is 4.26. The molecule has 0 spiro atoms. The molecule has 0 atom stereocenters. The lowest BCUT2D eigenvalue weighted by Crippen LogP contribution is -2.04. The van der Waals surface area contributed by atoms with Gasteiger partial charge in [0.05, 0.1) is 39.7 Å². The Morgan fingerprint density at radius 1 is 0.710 bits per heavy atom. The van der Waals surface area contributed by atoms with Crippen LogP contribution in [-0.4, -0.2) is 43.4 Å². The predicted molar refractivity (Wildman–Crippen MR) is 119 cm³/mol. The van der Waals surface area contributed by atoms with E-state index in [4.69, 9.17) is 18.9 Å². The van der Waals surface area contributed by atoms with Crippen molar-refractivity contribution in [1.29, 1.82) is 0 Å². The third-order valence-corrected chi connectivity index (χ3v) is 4.97. The van der Waals surface area contributed by atoms with Gasteiger partial charge < -0.3 is 24.3 Å². The van der Waals surface area contributed by atoms with E-state index in [1.807, 2.05) is 54.6 Å². The maximum atomic E-state index is 5.52. The molecule has 0 radical (unpaired) electrons. The molecule has 0 aliphatic rings. The van der Waals surface area contributed by atoms with Gasteiger partial charge in [-0.25, -0.2) is 0 Å². The molecule has 1 heterocycles. The minimum atomic E-state index is 0.508. The van der Waals surface area contributed by atoms with E-state index < -0.39 is 0 Å². The molecule has 0 aliphatic heterocycles. The molecule has 0 aliphatic carbocycles. The maximum Gasteiger partial charge on any atom is 0.131 e. The number of nitrogens with zero attached hydrogens (tertiary/aromatic N) is 3. The number of hydrogen-bond acceptors (Lipinski definition) is 7. The molecule has 0 saturated carbocycles. The summed E-state index contributed by atoms with van der Waals surface area (Å²) in [6.07, 6.45) is 0. The lowest BCUT2D eigenvalue weighted by atomic mass is 10.1. The van der Waals surface area contributed by atoms with Gasteiger partial charge in [-0.15, -0.1) is 10.2 Å². The van der Waals surface area contributed by atoms with Gasteiger partial charge in [0, 0.05) is 24.4 Å². The van der Waals surface area contributed by atoms with E-state index in [0.29, 0.717) is 23.8 Å². The van der Waals surface area contributed by atoms with Gasteiger partial charge in [-0.1, -0.05) is 0 Å². The summed E-state index contributed by atoms with van der Waals surface area (Å²) in [6.45, 7) is 0.508. The molecule has 8 heteroatoms. The summed E-state index contributed by atoms with van der Waals surface area (Å²) in [5, 5.41) is 12.6. The third kappa shape index (κ3) is 4.18. The summed E-state index contributed by atoms with van der Waals surface area (Å²) in [4.78, 5) is 1.61. The van der Waals surface area contributed by atoms with Crippen LogP contribution in [0, 0.1) is 0 Å². The second-order valence-electron chi connectivity index (χ2n) is 6.75. The molecular weight excluding hydrogens is 396 g/mol. The summed E-state index contributed by atoms with van der Waals surface area (Å²) in [5.74, 6) is 2.84. The largest absolute Gasteiger partial charge is 0.497 e. The molecule has 0 fully saturated rings. The van der Waals surface area contributed by atoms with Crippen molar-refractivity contribution in [3.8, 4) is 28.7 Å². The number of nitrogens with one attached hydrogen (secondary N) is 1. The van der Waals surface area contributed by atoms with E-state index in [-0.39, 0.29) is 0 Å². The van der Waals surface area contributed by atoms with Crippen LogP contribution < -0.4 is 24.3 Å². The van der Waals surface area contributed by atoms with Crippen LogP contribution in [0.4, 0.5) is 5.69 Å². The molecule has 160 valence electrons. The summed E-state index contributed by atoms with van der Waals surface area (Å²) < 4.78 is 21.6. The van der Waals surface area contributed by atoms with Gasteiger partial charge in [0.25, 0.3) is 0 Å². The number of methoxy groups -OCH3 is 4. The monoisotopic (exact) mass is 420 g/mol. The van der Waals surface area contributed by atoms with Gasteiger partial charge >= 0.3 is 0 Å². The molecule has 4 rings (SSSR count). The first-order valence-corrected chi connectivity index (χ1v) is 9.69. The fourth-order valence-electron chi connectivity index (χ4n) is 3.30. The van der Waals surface area contributed by atoms with Crippen LogP contribution in [0.25, 0.3) is 16.7 Å². The average Bonchev–Trinajstić information content (AvgIpc) is 3.25. The maximum absolute atomic E-state index is 5.52. The molecule has 0 saturated heterocycles. The minimum Gasteiger partial charge on any atom is -0.497 e. The molecule has 0 amide bonds.